The van der Waals surface area contributed by atoms with Gasteiger partial charge in [-0.3, -0.25) is 4.79 Å². The van der Waals surface area contributed by atoms with Crippen molar-refractivity contribution < 1.29 is 28.6 Å². The Morgan fingerprint density at radius 2 is 1.60 bits per heavy atom. The third-order valence-electron chi connectivity index (χ3n) is 3.47. The first kappa shape index (κ1) is 21.4. The molecule has 0 saturated heterocycles. The molecule has 0 aromatic heterocycles. The fourth-order valence-corrected chi connectivity index (χ4v) is 1.94. The van der Waals surface area contributed by atoms with Crippen molar-refractivity contribution in [2.45, 2.75) is 12.5 Å². The zero-order valence-electron chi connectivity index (χ0n) is 15.4. The fourth-order valence-electron chi connectivity index (χ4n) is 1.94. The van der Waals surface area contributed by atoms with Crippen molar-refractivity contribution in [1.82, 2.24) is 0 Å². The molecule has 0 amide bonds. The van der Waals surface area contributed by atoms with Gasteiger partial charge in [0.05, 0.1) is 47.6 Å². The summed E-state index contributed by atoms with van der Waals surface area (Å²) in [4.78, 5) is 10.7. The number of likely N-dealkylation sites (N-methyl/N-ethyl adjacent to an activating group) is 1. The quantitative estimate of drug-likeness (QED) is 0.401. The average molecular weight is 355 g/mol. The number of benzene rings is 1. The van der Waals surface area contributed by atoms with E-state index < -0.39 is 12.0 Å². The van der Waals surface area contributed by atoms with E-state index in [1.165, 1.54) is 0 Å². The third-order valence-corrected chi connectivity index (χ3v) is 3.47. The second-order valence-electron chi connectivity index (χ2n) is 6.88. The molecule has 0 aliphatic carbocycles. The van der Waals surface area contributed by atoms with Crippen LogP contribution in [-0.4, -0.2) is 82.3 Å². The number of quaternary nitrogens is 1. The molecule has 0 unspecified atom stereocenters. The van der Waals surface area contributed by atoms with Crippen LogP contribution < -0.4 is 10.5 Å². The SMILES string of the molecule is C[N+](C)(C)CCOCCOCCOc1ccc(C[C@H](N)C(=O)O)cc1. The Kier molecular flexibility index (Phi) is 9.44. The van der Waals surface area contributed by atoms with Crippen LogP contribution in [0.15, 0.2) is 24.3 Å². The van der Waals surface area contributed by atoms with Crippen molar-refractivity contribution in [1.29, 1.82) is 0 Å². The third kappa shape index (κ3) is 10.7. The van der Waals surface area contributed by atoms with Crippen molar-refractivity contribution >= 4 is 5.97 Å². The summed E-state index contributed by atoms with van der Waals surface area (Å²) in [6.07, 6.45) is 0.298. The lowest BCUT2D eigenvalue weighted by Gasteiger charge is -2.23. The van der Waals surface area contributed by atoms with E-state index >= 15 is 0 Å². The van der Waals surface area contributed by atoms with E-state index in [1.54, 1.807) is 12.1 Å². The van der Waals surface area contributed by atoms with Crippen molar-refractivity contribution in [3.63, 3.8) is 0 Å². The van der Waals surface area contributed by atoms with Crippen molar-refractivity contribution in [2.75, 3.05) is 60.7 Å². The number of nitrogens with zero attached hydrogens (tertiary/aromatic N) is 1. The zero-order valence-corrected chi connectivity index (χ0v) is 15.4. The van der Waals surface area contributed by atoms with E-state index in [0.29, 0.717) is 32.8 Å². The maximum atomic E-state index is 10.7. The predicted octanol–water partition coefficient (Wildman–Crippen LogP) is 0.759. The standard InChI is InChI=1S/C18H30N2O5/c1-20(2,3)8-9-23-10-11-24-12-13-25-16-6-4-15(5-7-16)14-17(19)18(21)22/h4-7,17H,8-14,19H2,1-3H3/p+1/t17-/m0/s1. The van der Waals surface area contributed by atoms with Crippen LogP contribution in [0.3, 0.4) is 0 Å². The van der Waals surface area contributed by atoms with E-state index in [0.717, 1.165) is 28.9 Å². The van der Waals surface area contributed by atoms with Crippen LogP contribution in [0.1, 0.15) is 5.56 Å². The molecule has 0 heterocycles. The van der Waals surface area contributed by atoms with Crippen LogP contribution in [0.25, 0.3) is 0 Å². The molecule has 0 spiro atoms. The van der Waals surface area contributed by atoms with Gasteiger partial charge in [-0.1, -0.05) is 12.1 Å². The molecule has 7 heteroatoms. The maximum absolute atomic E-state index is 10.7. The second kappa shape index (κ2) is 11.0. The van der Waals surface area contributed by atoms with Gasteiger partial charge in [0.15, 0.2) is 0 Å². The van der Waals surface area contributed by atoms with Crippen LogP contribution in [0.4, 0.5) is 0 Å². The van der Waals surface area contributed by atoms with Crippen LogP contribution in [-0.2, 0) is 20.7 Å². The Balaban J connectivity index is 2.07. The number of nitrogens with two attached hydrogens (primary N) is 1. The highest BCUT2D eigenvalue weighted by atomic mass is 16.5. The average Bonchev–Trinajstić information content (AvgIpc) is 2.53. The summed E-state index contributed by atoms with van der Waals surface area (Å²) in [6.45, 7) is 3.76. The van der Waals surface area contributed by atoms with Crippen molar-refractivity contribution in [3.8, 4) is 5.75 Å². The first-order valence-corrected chi connectivity index (χ1v) is 8.44. The molecule has 7 nitrogen and oxygen atoms in total. The molecule has 1 rings (SSSR count). The highest BCUT2D eigenvalue weighted by Gasteiger charge is 2.11. The molecule has 3 N–H and O–H groups in total. The smallest absolute Gasteiger partial charge is 0.320 e. The number of carbonyl (C=O) groups is 1. The van der Waals surface area contributed by atoms with E-state index in [2.05, 4.69) is 21.1 Å². The van der Waals surface area contributed by atoms with Gasteiger partial charge >= 0.3 is 5.97 Å². The van der Waals surface area contributed by atoms with Gasteiger partial charge in [-0.15, -0.1) is 0 Å². The Bertz CT molecular complexity index is 499. The molecule has 0 fully saturated rings. The molecular formula is C18H31N2O5+. The molecular weight excluding hydrogens is 324 g/mol. The van der Waals surface area contributed by atoms with E-state index in [-0.39, 0.29) is 0 Å². The van der Waals surface area contributed by atoms with Gasteiger partial charge < -0.3 is 29.5 Å². The van der Waals surface area contributed by atoms with Gasteiger partial charge in [0.25, 0.3) is 0 Å². The summed E-state index contributed by atoms with van der Waals surface area (Å²) in [5.74, 6) is -0.283. The number of carboxylic acids is 1. The van der Waals surface area contributed by atoms with Crippen molar-refractivity contribution in [2.24, 2.45) is 5.73 Å². The lowest BCUT2D eigenvalue weighted by atomic mass is 10.1. The summed E-state index contributed by atoms with van der Waals surface area (Å²) in [5, 5.41) is 8.79. The number of aliphatic carboxylic acids is 1. The normalized spacial score (nSPS) is 12.8. The van der Waals surface area contributed by atoms with Crippen LogP contribution in [0.2, 0.25) is 0 Å². The molecule has 0 radical (unpaired) electrons. The Hall–Kier alpha value is -1.67. The maximum Gasteiger partial charge on any atom is 0.320 e. The van der Waals surface area contributed by atoms with E-state index in [9.17, 15) is 4.79 Å². The number of hydrogen-bond acceptors (Lipinski definition) is 5. The zero-order chi connectivity index (χ0) is 18.7. The summed E-state index contributed by atoms with van der Waals surface area (Å²) < 4.78 is 17.4. The van der Waals surface area contributed by atoms with Gasteiger partial charge in [0.1, 0.15) is 24.9 Å². The first-order chi connectivity index (χ1) is 11.8. The summed E-state index contributed by atoms with van der Waals surface area (Å²) in [7, 11) is 6.39. The second-order valence-corrected chi connectivity index (χ2v) is 6.88. The molecule has 0 bridgehead atoms. The highest BCUT2D eigenvalue weighted by molar-refractivity contribution is 5.73. The molecule has 142 valence electrons. The first-order valence-electron chi connectivity index (χ1n) is 8.44. The minimum atomic E-state index is -1.00. The van der Waals surface area contributed by atoms with Gasteiger partial charge in [0.2, 0.25) is 0 Å². The Morgan fingerprint density at radius 1 is 1.04 bits per heavy atom. The Morgan fingerprint density at radius 3 is 2.16 bits per heavy atom. The van der Waals surface area contributed by atoms with Gasteiger partial charge in [-0.2, -0.15) is 0 Å². The summed E-state index contributed by atoms with van der Waals surface area (Å²) in [5.41, 5.74) is 6.37. The topological polar surface area (TPSA) is 91.0 Å². The van der Waals surface area contributed by atoms with Crippen LogP contribution >= 0.6 is 0 Å². The van der Waals surface area contributed by atoms with Gasteiger partial charge in [0, 0.05) is 0 Å². The number of carboxylic acid groups (broad SMARTS) is 1. The molecule has 1 aromatic carbocycles. The molecule has 0 saturated carbocycles. The molecule has 1 atom stereocenters. The molecule has 0 aliphatic heterocycles. The summed E-state index contributed by atoms with van der Waals surface area (Å²) >= 11 is 0. The molecule has 25 heavy (non-hydrogen) atoms. The monoisotopic (exact) mass is 355 g/mol. The van der Waals surface area contributed by atoms with E-state index in [4.69, 9.17) is 25.1 Å². The lowest BCUT2D eigenvalue weighted by molar-refractivity contribution is -0.870. The minimum absolute atomic E-state index is 0.298. The van der Waals surface area contributed by atoms with Crippen molar-refractivity contribution in [3.05, 3.63) is 29.8 Å². The van der Waals surface area contributed by atoms with Gasteiger partial charge in [-0.05, 0) is 24.1 Å². The number of rotatable bonds is 13. The summed E-state index contributed by atoms with van der Waals surface area (Å²) in [6, 6.07) is 6.36. The highest BCUT2D eigenvalue weighted by Crippen LogP contribution is 2.13. The van der Waals surface area contributed by atoms with Gasteiger partial charge in [-0.25, -0.2) is 0 Å². The fraction of sp³-hybridized carbons (Fsp3) is 0.611. The molecule has 0 aliphatic rings. The van der Waals surface area contributed by atoms with E-state index in [1.807, 2.05) is 12.1 Å². The van der Waals surface area contributed by atoms with Crippen LogP contribution in [0.5, 0.6) is 5.75 Å². The number of hydrogen-bond donors (Lipinski definition) is 2. The Labute approximate surface area is 149 Å². The largest absolute Gasteiger partial charge is 0.491 e. The minimum Gasteiger partial charge on any atom is -0.491 e. The van der Waals surface area contributed by atoms with Crippen LogP contribution in [0, 0.1) is 0 Å². The predicted molar refractivity (Wildman–Crippen MR) is 95.8 cm³/mol. The number of ether oxygens (including phenoxy) is 3. The lowest BCUT2D eigenvalue weighted by Crippen LogP contribution is -2.37. The molecule has 1 aromatic rings.